The number of rotatable bonds is 6. The normalized spacial score (nSPS) is 28.5. The average Bonchev–Trinajstić information content (AvgIpc) is 3.17. The van der Waals surface area contributed by atoms with Gasteiger partial charge < -0.3 is 14.4 Å². The molecule has 2 saturated heterocycles. The third kappa shape index (κ3) is 3.17. The Morgan fingerprint density at radius 2 is 1.73 bits per heavy atom. The number of amides is 2. The number of likely N-dealkylation sites (tertiary alicyclic amines) is 1. The van der Waals surface area contributed by atoms with E-state index in [1.807, 2.05) is 7.11 Å². The minimum absolute atomic E-state index is 0.0268. The first-order valence-corrected chi connectivity index (χ1v) is 9.44. The molecule has 26 heavy (non-hydrogen) atoms. The van der Waals surface area contributed by atoms with Crippen LogP contribution in [0.15, 0.2) is 24.3 Å². The first kappa shape index (κ1) is 17.6. The molecule has 0 bridgehead atoms. The van der Waals surface area contributed by atoms with E-state index in [-0.39, 0.29) is 31.1 Å². The van der Waals surface area contributed by atoms with Crippen molar-refractivity contribution in [3.63, 3.8) is 0 Å². The minimum Gasteiger partial charge on any atom is -0.376 e. The van der Waals surface area contributed by atoms with E-state index >= 15 is 0 Å². The van der Waals surface area contributed by atoms with Gasteiger partial charge in [0.05, 0.1) is 6.10 Å². The number of benzene rings is 1. The molecule has 1 aromatic carbocycles. The SMILES string of the molecule is COC1c2ccccc2C2CN(CCCCN3C(=O)COCC3=O)CC21. The van der Waals surface area contributed by atoms with E-state index in [0.29, 0.717) is 18.4 Å². The summed E-state index contributed by atoms with van der Waals surface area (Å²) in [5, 5.41) is 0. The summed E-state index contributed by atoms with van der Waals surface area (Å²) in [6, 6.07) is 8.65. The summed E-state index contributed by atoms with van der Waals surface area (Å²) in [6.07, 6.45) is 2.02. The van der Waals surface area contributed by atoms with Crippen LogP contribution in [-0.4, -0.2) is 68.1 Å². The van der Waals surface area contributed by atoms with Crippen molar-refractivity contribution in [3.05, 3.63) is 35.4 Å². The molecule has 2 fully saturated rings. The molecule has 6 nitrogen and oxygen atoms in total. The topological polar surface area (TPSA) is 59.1 Å². The number of ether oxygens (including phenoxy) is 2. The smallest absolute Gasteiger partial charge is 0.255 e. The van der Waals surface area contributed by atoms with Gasteiger partial charge in [-0.2, -0.15) is 0 Å². The van der Waals surface area contributed by atoms with Crippen LogP contribution in [0.4, 0.5) is 0 Å². The second-order valence-electron chi connectivity index (χ2n) is 7.45. The molecular formula is C20H26N2O4. The maximum absolute atomic E-state index is 11.7. The van der Waals surface area contributed by atoms with Crippen molar-refractivity contribution in [2.45, 2.75) is 24.9 Å². The van der Waals surface area contributed by atoms with Crippen LogP contribution in [0.3, 0.4) is 0 Å². The van der Waals surface area contributed by atoms with E-state index in [1.165, 1.54) is 16.0 Å². The van der Waals surface area contributed by atoms with Gasteiger partial charge in [-0.1, -0.05) is 24.3 Å². The summed E-state index contributed by atoms with van der Waals surface area (Å²) in [7, 11) is 1.81. The second-order valence-corrected chi connectivity index (χ2v) is 7.45. The van der Waals surface area contributed by atoms with E-state index in [2.05, 4.69) is 29.2 Å². The lowest BCUT2D eigenvalue weighted by Gasteiger charge is -2.25. The molecule has 140 valence electrons. The van der Waals surface area contributed by atoms with Gasteiger partial charge in [0.2, 0.25) is 0 Å². The van der Waals surface area contributed by atoms with Gasteiger partial charge in [-0.05, 0) is 30.5 Å². The average molecular weight is 358 g/mol. The maximum Gasteiger partial charge on any atom is 0.255 e. The molecule has 6 heteroatoms. The van der Waals surface area contributed by atoms with Crippen molar-refractivity contribution < 1.29 is 19.1 Å². The lowest BCUT2D eigenvalue weighted by atomic mass is 9.96. The number of unbranched alkanes of at least 4 members (excludes halogenated alkanes) is 1. The molecule has 0 spiro atoms. The molecule has 3 aliphatic rings. The van der Waals surface area contributed by atoms with Crippen LogP contribution >= 0.6 is 0 Å². The zero-order valence-electron chi connectivity index (χ0n) is 15.2. The monoisotopic (exact) mass is 358 g/mol. The fourth-order valence-corrected chi connectivity index (χ4v) is 4.75. The summed E-state index contributed by atoms with van der Waals surface area (Å²) >= 11 is 0. The molecule has 1 aromatic rings. The number of nitrogens with zero attached hydrogens (tertiary/aromatic N) is 2. The highest BCUT2D eigenvalue weighted by molar-refractivity contribution is 5.98. The maximum atomic E-state index is 11.7. The minimum atomic E-state index is -0.212. The highest BCUT2D eigenvalue weighted by Gasteiger charge is 2.46. The molecule has 1 aliphatic carbocycles. The van der Waals surface area contributed by atoms with Crippen LogP contribution in [0.25, 0.3) is 0 Å². The molecule has 0 saturated carbocycles. The van der Waals surface area contributed by atoms with Crippen LogP contribution in [0, 0.1) is 5.92 Å². The zero-order chi connectivity index (χ0) is 18.1. The molecule has 2 aliphatic heterocycles. The van der Waals surface area contributed by atoms with Crippen LogP contribution in [-0.2, 0) is 19.1 Å². The Bertz CT molecular complexity index is 676. The first-order chi connectivity index (χ1) is 12.7. The molecule has 0 aromatic heterocycles. The summed E-state index contributed by atoms with van der Waals surface area (Å²) in [5.41, 5.74) is 2.80. The fourth-order valence-electron chi connectivity index (χ4n) is 4.75. The number of carbonyl (C=O) groups is 2. The van der Waals surface area contributed by atoms with Crippen LogP contribution in [0.5, 0.6) is 0 Å². The molecule has 0 N–H and O–H groups in total. The van der Waals surface area contributed by atoms with Crippen LogP contribution in [0.2, 0.25) is 0 Å². The van der Waals surface area contributed by atoms with Gasteiger partial charge in [0.25, 0.3) is 11.8 Å². The Kier molecular flexibility index (Phi) is 5.07. The van der Waals surface area contributed by atoms with E-state index in [9.17, 15) is 9.59 Å². The summed E-state index contributed by atoms with van der Waals surface area (Å²) < 4.78 is 10.8. The number of fused-ring (bicyclic) bond motifs is 3. The predicted molar refractivity (Wildman–Crippen MR) is 95.6 cm³/mol. The van der Waals surface area contributed by atoms with E-state index < -0.39 is 0 Å². The Morgan fingerprint density at radius 1 is 1.04 bits per heavy atom. The lowest BCUT2D eigenvalue weighted by Crippen LogP contribution is -2.46. The molecule has 0 radical (unpaired) electrons. The second kappa shape index (κ2) is 7.47. The Morgan fingerprint density at radius 3 is 2.46 bits per heavy atom. The van der Waals surface area contributed by atoms with Crippen molar-refractivity contribution in [3.8, 4) is 0 Å². The predicted octanol–water partition coefficient (Wildman–Crippen LogP) is 1.57. The number of morpholine rings is 1. The Labute approximate surface area is 154 Å². The van der Waals surface area contributed by atoms with Crippen LogP contribution in [0.1, 0.15) is 36.0 Å². The third-order valence-corrected chi connectivity index (χ3v) is 5.94. The van der Waals surface area contributed by atoms with Gasteiger partial charge >= 0.3 is 0 Å². The van der Waals surface area contributed by atoms with Crippen molar-refractivity contribution in [2.24, 2.45) is 5.92 Å². The van der Waals surface area contributed by atoms with E-state index in [1.54, 1.807) is 0 Å². The molecule has 2 amide bonds. The largest absolute Gasteiger partial charge is 0.376 e. The van der Waals surface area contributed by atoms with Crippen molar-refractivity contribution >= 4 is 11.8 Å². The van der Waals surface area contributed by atoms with Gasteiger partial charge in [-0.3, -0.25) is 14.5 Å². The van der Waals surface area contributed by atoms with Gasteiger partial charge in [0.15, 0.2) is 0 Å². The number of methoxy groups -OCH3 is 1. The number of hydrogen-bond acceptors (Lipinski definition) is 5. The van der Waals surface area contributed by atoms with Gasteiger partial charge in [-0.25, -0.2) is 0 Å². The van der Waals surface area contributed by atoms with Gasteiger partial charge in [0.1, 0.15) is 13.2 Å². The van der Waals surface area contributed by atoms with Crippen molar-refractivity contribution in [1.82, 2.24) is 9.80 Å². The highest BCUT2D eigenvalue weighted by atomic mass is 16.5. The number of carbonyl (C=O) groups excluding carboxylic acids is 2. The zero-order valence-corrected chi connectivity index (χ0v) is 15.2. The van der Waals surface area contributed by atoms with Crippen molar-refractivity contribution in [2.75, 3.05) is 46.5 Å². The molecular weight excluding hydrogens is 332 g/mol. The summed E-state index contributed by atoms with van der Waals surface area (Å²) in [4.78, 5) is 27.3. The highest BCUT2D eigenvalue weighted by Crippen LogP contribution is 2.50. The van der Waals surface area contributed by atoms with E-state index in [0.717, 1.165) is 32.5 Å². The third-order valence-electron chi connectivity index (χ3n) is 5.94. The lowest BCUT2D eigenvalue weighted by molar-refractivity contribution is -0.158. The number of hydrogen-bond donors (Lipinski definition) is 0. The first-order valence-electron chi connectivity index (χ1n) is 9.44. The summed E-state index contributed by atoms with van der Waals surface area (Å²) in [6.45, 7) is 3.67. The fraction of sp³-hybridized carbons (Fsp3) is 0.600. The molecule has 3 unspecified atom stereocenters. The Balaban J connectivity index is 1.28. The van der Waals surface area contributed by atoms with Gasteiger partial charge in [-0.15, -0.1) is 0 Å². The van der Waals surface area contributed by atoms with E-state index in [4.69, 9.17) is 9.47 Å². The van der Waals surface area contributed by atoms with Gasteiger partial charge in [0, 0.05) is 38.6 Å². The quantitative estimate of drug-likeness (QED) is 0.571. The standard InChI is InChI=1S/C20H26N2O4/c1-25-20-15-7-3-2-6-14(15)16-10-21(11-17(16)20)8-4-5-9-22-18(23)12-26-13-19(22)24/h2-3,6-7,16-17,20H,4-5,8-13H2,1H3. The summed E-state index contributed by atoms with van der Waals surface area (Å²) in [5.74, 6) is 0.659. The molecule has 3 atom stereocenters. The van der Waals surface area contributed by atoms with Crippen molar-refractivity contribution in [1.29, 1.82) is 0 Å². The molecule has 2 heterocycles. The Hall–Kier alpha value is -1.76. The number of imide groups is 1. The van der Waals surface area contributed by atoms with Crippen LogP contribution < -0.4 is 0 Å². The molecule has 4 rings (SSSR count).